The van der Waals surface area contributed by atoms with E-state index >= 15 is 0 Å². The minimum absolute atomic E-state index is 0.205. The van der Waals surface area contributed by atoms with Crippen molar-refractivity contribution in [2.45, 2.75) is 70.9 Å². The standard InChI is InChI=1S/C18H29NO/c1-5-13-19-16-7-6-8-17(16)20-15-11-9-14(10-12-15)18(2,3)4/h9-12,16-17,19H,5-8,13H2,1-4H3. The van der Waals surface area contributed by atoms with Crippen LogP contribution in [0.15, 0.2) is 24.3 Å². The molecular formula is C18H29NO. The van der Waals surface area contributed by atoms with E-state index in [9.17, 15) is 0 Å². The molecule has 1 aromatic carbocycles. The van der Waals surface area contributed by atoms with Gasteiger partial charge in [0.05, 0.1) is 0 Å². The van der Waals surface area contributed by atoms with Crippen molar-refractivity contribution in [1.82, 2.24) is 5.32 Å². The third-order valence-corrected chi connectivity index (χ3v) is 4.12. The summed E-state index contributed by atoms with van der Waals surface area (Å²) in [5, 5.41) is 3.61. The highest BCUT2D eigenvalue weighted by Gasteiger charge is 2.28. The zero-order valence-electron chi connectivity index (χ0n) is 13.4. The average Bonchev–Trinajstić information content (AvgIpc) is 2.83. The van der Waals surface area contributed by atoms with Crippen LogP contribution in [0, 0.1) is 0 Å². The maximum Gasteiger partial charge on any atom is 0.119 e. The summed E-state index contributed by atoms with van der Waals surface area (Å²) in [7, 11) is 0. The van der Waals surface area contributed by atoms with Crippen LogP contribution in [0.25, 0.3) is 0 Å². The molecule has 1 aliphatic carbocycles. The molecule has 1 aliphatic rings. The minimum Gasteiger partial charge on any atom is -0.489 e. The lowest BCUT2D eigenvalue weighted by atomic mass is 9.87. The highest BCUT2D eigenvalue weighted by Crippen LogP contribution is 2.28. The lowest BCUT2D eigenvalue weighted by Gasteiger charge is -2.23. The monoisotopic (exact) mass is 275 g/mol. The third-order valence-electron chi connectivity index (χ3n) is 4.12. The first-order valence-electron chi connectivity index (χ1n) is 8.01. The molecule has 0 aliphatic heterocycles. The molecule has 0 saturated heterocycles. The van der Waals surface area contributed by atoms with Crippen LogP contribution in [0.2, 0.25) is 0 Å². The zero-order chi connectivity index (χ0) is 14.6. The van der Waals surface area contributed by atoms with Crippen LogP contribution in [0.3, 0.4) is 0 Å². The van der Waals surface area contributed by atoms with Crippen LogP contribution in [0.1, 0.15) is 58.9 Å². The molecule has 0 aromatic heterocycles. The normalized spacial score (nSPS) is 23.0. The topological polar surface area (TPSA) is 21.3 Å². The van der Waals surface area contributed by atoms with Gasteiger partial charge in [0.15, 0.2) is 0 Å². The van der Waals surface area contributed by atoms with E-state index in [1.165, 1.54) is 31.2 Å². The van der Waals surface area contributed by atoms with Gasteiger partial charge in [0.25, 0.3) is 0 Å². The molecule has 112 valence electrons. The molecule has 0 amide bonds. The predicted octanol–water partition coefficient (Wildman–Crippen LogP) is 4.28. The van der Waals surface area contributed by atoms with Gasteiger partial charge in [-0.15, -0.1) is 0 Å². The molecule has 2 rings (SSSR count). The second kappa shape index (κ2) is 6.62. The first-order valence-corrected chi connectivity index (χ1v) is 8.01. The van der Waals surface area contributed by atoms with Crippen LogP contribution >= 0.6 is 0 Å². The Hall–Kier alpha value is -1.02. The van der Waals surface area contributed by atoms with E-state index in [-0.39, 0.29) is 5.41 Å². The third kappa shape index (κ3) is 3.99. The highest BCUT2D eigenvalue weighted by molar-refractivity contribution is 5.31. The van der Waals surface area contributed by atoms with Crippen molar-refractivity contribution in [3.63, 3.8) is 0 Å². The van der Waals surface area contributed by atoms with Crippen molar-refractivity contribution in [1.29, 1.82) is 0 Å². The molecule has 2 atom stereocenters. The summed E-state index contributed by atoms with van der Waals surface area (Å²) in [6, 6.07) is 9.15. The van der Waals surface area contributed by atoms with Gasteiger partial charge in [0.2, 0.25) is 0 Å². The number of benzene rings is 1. The first-order chi connectivity index (χ1) is 9.50. The highest BCUT2D eigenvalue weighted by atomic mass is 16.5. The summed E-state index contributed by atoms with van der Waals surface area (Å²) in [5.74, 6) is 1.01. The van der Waals surface area contributed by atoms with E-state index in [1.807, 2.05) is 0 Å². The van der Waals surface area contributed by atoms with Gasteiger partial charge >= 0.3 is 0 Å². The molecule has 0 radical (unpaired) electrons. The second-order valence-electron chi connectivity index (χ2n) is 6.92. The number of rotatable bonds is 5. The average molecular weight is 275 g/mol. The van der Waals surface area contributed by atoms with Crippen molar-refractivity contribution >= 4 is 0 Å². The second-order valence-corrected chi connectivity index (χ2v) is 6.92. The SMILES string of the molecule is CCCNC1CCCC1Oc1ccc(C(C)(C)C)cc1. The fraction of sp³-hybridized carbons (Fsp3) is 0.667. The van der Waals surface area contributed by atoms with Gasteiger partial charge in [0.1, 0.15) is 11.9 Å². The van der Waals surface area contributed by atoms with Gasteiger partial charge in [-0.3, -0.25) is 0 Å². The van der Waals surface area contributed by atoms with Crippen LogP contribution in [0.4, 0.5) is 0 Å². The Labute approximate surface area is 123 Å². The van der Waals surface area contributed by atoms with Crippen LogP contribution in [-0.2, 0) is 5.41 Å². The van der Waals surface area contributed by atoms with Crippen LogP contribution < -0.4 is 10.1 Å². The van der Waals surface area contributed by atoms with Gasteiger partial charge in [-0.2, -0.15) is 0 Å². The fourth-order valence-electron chi connectivity index (χ4n) is 2.84. The van der Waals surface area contributed by atoms with Crippen molar-refractivity contribution < 1.29 is 4.74 Å². The molecule has 1 fully saturated rings. The van der Waals surface area contributed by atoms with E-state index in [0.717, 1.165) is 12.3 Å². The molecule has 2 unspecified atom stereocenters. The van der Waals surface area contributed by atoms with Gasteiger partial charge in [-0.25, -0.2) is 0 Å². The lowest BCUT2D eigenvalue weighted by Crippen LogP contribution is -2.39. The number of hydrogen-bond donors (Lipinski definition) is 1. The summed E-state index contributed by atoms with van der Waals surface area (Å²) in [5.41, 5.74) is 1.56. The molecule has 0 heterocycles. The lowest BCUT2D eigenvalue weighted by molar-refractivity contribution is 0.175. The quantitative estimate of drug-likeness (QED) is 0.866. The smallest absolute Gasteiger partial charge is 0.119 e. The van der Waals surface area contributed by atoms with E-state index in [4.69, 9.17) is 4.74 Å². The van der Waals surface area contributed by atoms with Gasteiger partial charge < -0.3 is 10.1 Å². The number of nitrogens with one attached hydrogen (secondary N) is 1. The Morgan fingerprint density at radius 3 is 2.45 bits per heavy atom. The molecule has 0 spiro atoms. The Morgan fingerprint density at radius 2 is 1.85 bits per heavy atom. The summed E-state index contributed by atoms with van der Waals surface area (Å²) < 4.78 is 6.19. The Bertz CT molecular complexity index is 404. The van der Waals surface area contributed by atoms with Crippen LogP contribution in [-0.4, -0.2) is 18.7 Å². The fourth-order valence-corrected chi connectivity index (χ4v) is 2.84. The Balaban J connectivity index is 1.95. The van der Waals surface area contributed by atoms with E-state index in [1.54, 1.807) is 0 Å². The maximum atomic E-state index is 6.19. The van der Waals surface area contributed by atoms with Crippen molar-refractivity contribution in [2.75, 3.05) is 6.54 Å². The molecule has 1 aromatic rings. The Kier molecular flexibility index (Phi) is 5.09. The molecule has 2 nitrogen and oxygen atoms in total. The first kappa shape index (κ1) is 15.4. The van der Waals surface area contributed by atoms with E-state index in [0.29, 0.717) is 12.1 Å². The molecule has 2 heteroatoms. The molecule has 1 saturated carbocycles. The van der Waals surface area contributed by atoms with E-state index < -0.39 is 0 Å². The molecule has 0 bridgehead atoms. The largest absolute Gasteiger partial charge is 0.489 e. The zero-order valence-corrected chi connectivity index (χ0v) is 13.4. The van der Waals surface area contributed by atoms with Gasteiger partial charge in [-0.05, 0) is 55.3 Å². The Morgan fingerprint density at radius 1 is 1.15 bits per heavy atom. The number of hydrogen-bond acceptors (Lipinski definition) is 2. The molecule has 20 heavy (non-hydrogen) atoms. The van der Waals surface area contributed by atoms with Crippen molar-refractivity contribution in [3.8, 4) is 5.75 Å². The number of ether oxygens (including phenoxy) is 1. The van der Waals surface area contributed by atoms with Gasteiger partial charge in [0, 0.05) is 6.04 Å². The molecular weight excluding hydrogens is 246 g/mol. The summed E-state index contributed by atoms with van der Waals surface area (Å²) in [6.07, 6.45) is 5.20. The molecule has 1 N–H and O–H groups in total. The van der Waals surface area contributed by atoms with Crippen molar-refractivity contribution in [3.05, 3.63) is 29.8 Å². The van der Waals surface area contributed by atoms with Crippen LogP contribution in [0.5, 0.6) is 5.75 Å². The van der Waals surface area contributed by atoms with E-state index in [2.05, 4.69) is 57.3 Å². The summed E-state index contributed by atoms with van der Waals surface area (Å²) in [6.45, 7) is 10.0. The maximum absolute atomic E-state index is 6.19. The summed E-state index contributed by atoms with van der Waals surface area (Å²) >= 11 is 0. The predicted molar refractivity (Wildman–Crippen MR) is 85.5 cm³/mol. The van der Waals surface area contributed by atoms with Gasteiger partial charge in [-0.1, -0.05) is 39.8 Å². The minimum atomic E-state index is 0.205. The van der Waals surface area contributed by atoms with Crippen molar-refractivity contribution in [2.24, 2.45) is 0 Å². The summed E-state index contributed by atoms with van der Waals surface area (Å²) in [4.78, 5) is 0.